The molecule has 0 saturated carbocycles. The monoisotopic (exact) mass is 287 g/mol. The van der Waals surface area contributed by atoms with E-state index < -0.39 is 5.97 Å². The summed E-state index contributed by atoms with van der Waals surface area (Å²) in [6.45, 7) is 0.167. The van der Waals surface area contributed by atoms with Crippen LogP contribution in [-0.4, -0.2) is 54.6 Å². The van der Waals surface area contributed by atoms with Crippen molar-refractivity contribution in [3.8, 4) is 0 Å². The Hall–Kier alpha value is -2.63. The lowest BCUT2D eigenvalue weighted by Gasteiger charge is -2.22. The molecule has 0 saturated heterocycles. The molecule has 0 radical (unpaired) electrons. The van der Waals surface area contributed by atoms with Crippen LogP contribution >= 0.6 is 0 Å². The zero-order valence-electron chi connectivity index (χ0n) is 12.2. The van der Waals surface area contributed by atoms with Crippen molar-refractivity contribution >= 4 is 28.5 Å². The molecule has 0 bridgehead atoms. The highest BCUT2D eigenvalue weighted by atomic mass is 16.4. The van der Waals surface area contributed by atoms with Crippen molar-refractivity contribution < 1.29 is 14.7 Å². The van der Waals surface area contributed by atoms with Crippen molar-refractivity contribution in [1.82, 2.24) is 9.88 Å². The van der Waals surface area contributed by atoms with Crippen molar-refractivity contribution in [2.75, 3.05) is 32.6 Å². The van der Waals surface area contributed by atoms with Crippen LogP contribution < -0.4 is 4.90 Å². The number of anilines is 1. The van der Waals surface area contributed by atoms with Gasteiger partial charge in [0.05, 0.1) is 12.1 Å². The summed E-state index contributed by atoms with van der Waals surface area (Å²) < 4.78 is 0. The number of carboxylic acid groups (broad SMARTS) is 1. The summed E-state index contributed by atoms with van der Waals surface area (Å²) in [4.78, 5) is 30.4. The van der Waals surface area contributed by atoms with Crippen molar-refractivity contribution in [1.29, 1.82) is 0 Å². The lowest BCUT2D eigenvalue weighted by molar-refractivity contribution is -0.127. The van der Waals surface area contributed by atoms with Crippen LogP contribution in [0.4, 0.5) is 5.69 Å². The van der Waals surface area contributed by atoms with E-state index in [1.165, 1.54) is 11.0 Å². The molecular weight excluding hydrogens is 270 g/mol. The van der Waals surface area contributed by atoms with Crippen LogP contribution in [-0.2, 0) is 4.79 Å². The Morgan fingerprint density at radius 3 is 2.48 bits per heavy atom. The first-order valence-corrected chi connectivity index (χ1v) is 6.44. The van der Waals surface area contributed by atoms with E-state index in [2.05, 4.69) is 4.98 Å². The smallest absolute Gasteiger partial charge is 0.354 e. The van der Waals surface area contributed by atoms with E-state index in [1.54, 1.807) is 38.2 Å². The molecule has 2 aromatic rings. The number of carbonyl (C=O) groups excluding carboxylic acids is 1. The third kappa shape index (κ3) is 3.10. The minimum absolute atomic E-state index is 0.0344. The first-order valence-electron chi connectivity index (χ1n) is 6.44. The molecule has 0 aliphatic carbocycles. The number of pyridine rings is 1. The molecule has 0 aliphatic rings. The average Bonchev–Trinajstić information content (AvgIpc) is 2.45. The molecule has 1 aromatic heterocycles. The lowest BCUT2D eigenvalue weighted by atomic mass is 10.1. The number of nitrogens with zero attached hydrogens (tertiary/aromatic N) is 3. The van der Waals surface area contributed by atoms with E-state index in [4.69, 9.17) is 5.11 Å². The Labute approximate surface area is 122 Å². The largest absolute Gasteiger partial charge is 0.477 e. The molecule has 1 heterocycles. The number of rotatable bonds is 4. The number of benzene rings is 1. The zero-order chi connectivity index (χ0) is 15.6. The quantitative estimate of drug-likeness (QED) is 0.921. The summed E-state index contributed by atoms with van der Waals surface area (Å²) in [6.07, 6.45) is 0. The minimum atomic E-state index is -1.09. The van der Waals surface area contributed by atoms with Gasteiger partial charge in [-0.1, -0.05) is 18.2 Å². The number of carboxylic acids is 1. The Bertz CT molecular complexity index is 698. The highest BCUT2D eigenvalue weighted by Crippen LogP contribution is 2.26. The Kier molecular flexibility index (Phi) is 4.07. The molecule has 6 heteroatoms. The lowest BCUT2D eigenvalue weighted by Crippen LogP contribution is -2.34. The van der Waals surface area contributed by atoms with Gasteiger partial charge in [-0.3, -0.25) is 4.79 Å². The molecule has 110 valence electrons. The molecule has 1 N–H and O–H groups in total. The summed E-state index contributed by atoms with van der Waals surface area (Å²) in [5.74, 6) is -1.15. The first kappa shape index (κ1) is 14.8. The molecule has 2 rings (SSSR count). The van der Waals surface area contributed by atoms with Gasteiger partial charge in [-0.05, 0) is 12.1 Å². The van der Waals surface area contributed by atoms with Crippen LogP contribution in [0.1, 0.15) is 10.5 Å². The maximum absolute atomic E-state index is 11.8. The van der Waals surface area contributed by atoms with Gasteiger partial charge in [0, 0.05) is 32.2 Å². The van der Waals surface area contributed by atoms with Gasteiger partial charge in [0.1, 0.15) is 0 Å². The third-order valence-electron chi connectivity index (χ3n) is 3.20. The molecule has 1 aromatic carbocycles. The SMILES string of the molecule is CN(C)C(=O)CN(C)c1cc(C(=O)O)nc2ccccc12. The van der Waals surface area contributed by atoms with Gasteiger partial charge in [0.2, 0.25) is 5.91 Å². The van der Waals surface area contributed by atoms with E-state index in [9.17, 15) is 9.59 Å². The molecule has 0 atom stereocenters. The number of fused-ring (bicyclic) bond motifs is 1. The van der Waals surface area contributed by atoms with Gasteiger partial charge < -0.3 is 14.9 Å². The van der Waals surface area contributed by atoms with Gasteiger partial charge in [-0.15, -0.1) is 0 Å². The number of hydrogen-bond acceptors (Lipinski definition) is 4. The summed E-state index contributed by atoms with van der Waals surface area (Å²) in [6, 6.07) is 8.77. The maximum atomic E-state index is 11.8. The average molecular weight is 287 g/mol. The molecule has 6 nitrogen and oxygen atoms in total. The summed E-state index contributed by atoms with van der Waals surface area (Å²) in [5.41, 5.74) is 1.23. The van der Waals surface area contributed by atoms with E-state index in [0.29, 0.717) is 11.2 Å². The second kappa shape index (κ2) is 5.78. The molecule has 0 unspecified atom stereocenters. The van der Waals surface area contributed by atoms with Crippen molar-refractivity contribution in [2.24, 2.45) is 0 Å². The van der Waals surface area contributed by atoms with Crippen molar-refractivity contribution in [3.05, 3.63) is 36.0 Å². The number of hydrogen-bond donors (Lipinski definition) is 1. The predicted molar refractivity (Wildman–Crippen MR) is 80.7 cm³/mol. The minimum Gasteiger partial charge on any atom is -0.477 e. The summed E-state index contributed by atoms with van der Waals surface area (Å²) in [5, 5.41) is 9.98. The molecular formula is C15H17N3O3. The normalized spacial score (nSPS) is 10.4. The van der Waals surface area contributed by atoms with Gasteiger partial charge in [0.15, 0.2) is 5.69 Å². The zero-order valence-corrected chi connectivity index (χ0v) is 12.2. The fourth-order valence-electron chi connectivity index (χ4n) is 2.01. The molecule has 0 spiro atoms. The fraction of sp³-hybridized carbons (Fsp3) is 0.267. The molecule has 21 heavy (non-hydrogen) atoms. The van der Waals surface area contributed by atoms with Gasteiger partial charge >= 0.3 is 5.97 Å². The number of para-hydroxylation sites is 1. The highest BCUT2D eigenvalue weighted by molar-refractivity contribution is 5.98. The third-order valence-corrected chi connectivity index (χ3v) is 3.20. The van der Waals surface area contributed by atoms with Gasteiger partial charge in [-0.25, -0.2) is 9.78 Å². The Balaban J connectivity index is 2.50. The van der Waals surface area contributed by atoms with Crippen LogP contribution in [0.3, 0.4) is 0 Å². The van der Waals surface area contributed by atoms with Crippen LogP contribution in [0, 0.1) is 0 Å². The molecule has 0 aliphatic heterocycles. The number of carbonyl (C=O) groups is 2. The molecule has 0 fully saturated rings. The fourth-order valence-corrected chi connectivity index (χ4v) is 2.01. The van der Waals surface area contributed by atoms with Crippen LogP contribution in [0.25, 0.3) is 10.9 Å². The first-order chi connectivity index (χ1) is 9.90. The number of amides is 1. The Morgan fingerprint density at radius 1 is 1.19 bits per heavy atom. The topological polar surface area (TPSA) is 73.7 Å². The highest BCUT2D eigenvalue weighted by Gasteiger charge is 2.15. The number of aromatic carboxylic acids is 1. The predicted octanol–water partition coefficient (Wildman–Crippen LogP) is 1.46. The maximum Gasteiger partial charge on any atom is 0.354 e. The van der Waals surface area contributed by atoms with E-state index >= 15 is 0 Å². The second-order valence-electron chi connectivity index (χ2n) is 4.99. The number of aromatic nitrogens is 1. The standard InChI is InChI=1S/C15H17N3O3/c1-17(2)14(19)9-18(3)13-8-12(15(20)21)16-11-7-5-4-6-10(11)13/h4-8H,9H2,1-3H3,(H,20,21). The van der Waals surface area contributed by atoms with Gasteiger partial charge in [-0.2, -0.15) is 0 Å². The van der Waals surface area contributed by atoms with Crippen LogP contribution in [0.2, 0.25) is 0 Å². The summed E-state index contributed by atoms with van der Waals surface area (Å²) >= 11 is 0. The summed E-state index contributed by atoms with van der Waals surface area (Å²) in [7, 11) is 5.13. The van der Waals surface area contributed by atoms with Crippen LogP contribution in [0.5, 0.6) is 0 Å². The second-order valence-corrected chi connectivity index (χ2v) is 4.99. The van der Waals surface area contributed by atoms with Crippen molar-refractivity contribution in [3.63, 3.8) is 0 Å². The Morgan fingerprint density at radius 2 is 1.86 bits per heavy atom. The van der Waals surface area contributed by atoms with Crippen LogP contribution in [0.15, 0.2) is 30.3 Å². The van der Waals surface area contributed by atoms with E-state index in [-0.39, 0.29) is 18.1 Å². The number of likely N-dealkylation sites (N-methyl/N-ethyl adjacent to an activating group) is 2. The van der Waals surface area contributed by atoms with E-state index in [0.717, 1.165) is 5.39 Å². The molecule has 1 amide bonds. The van der Waals surface area contributed by atoms with E-state index in [1.807, 2.05) is 12.1 Å². The van der Waals surface area contributed by atoms with Crippen molar-refractivity contribution in [2.45, 2.75) is 0 Å². The van der Waals surface area contributed by atoms with Gasteiger partial charge in [0.25, 0.3) is 0 Å².